The van der Waals surface area contributed by atoms with E-state index >= 15 is 0 Å². The Kier molecular flexibility index (Phi) is 9.41. The van der Waals surface area contributed by atoms with Gasteiger partial charge in [0.25, 0.3) is 0 Å². The van der Waals surface area contributed by atoms with Crippen LogP contribution in [0.4, 0.5) is 19.0 Å². The molecule has 0 atom stereocenters. The minimum Gasteiger partial charge on any atom is -0.306 e. The Morgan fingerprint density at radius 3 is 2.04 bits per heavy atom. The Bertz CT molecular complexity index is 878. The summed E-state index contributed by atoms with van der Waals surface area (Å²) in [7, 11) is 1.71. The number of aromatic nitrogens is 1. The molecule has 1 heterocycles. The highest BCUT2D eigenvalue weighted by Crippen LogP contribution is 2.34. The van der Waals surface area contributed by atoms with Crippen molar-refractivity contribution in [1.82, 2.24) is 10.4 Å². The molecule has 7 heteroatoms. The number of halogens is 4. The second-order valence-electron chi connectivity index (χ2n) is 5.17. The van der Waals surface area contributed by atoms with Crippen LogP contribution in [0, 0.1) is 0 Å². The standard InChI is InChI=1S/C17H13BrF3N3.2C2H6/c1-22-24-16-9-14(13-7-6-12(18)8-15(13)23-16)10-2-4-11(5-3-10)17(19,20)21;2*1-2/h2-9,22H,1H3,(H,23,24);2*1-2H3. The van der Waals surface area contributed by atoms with E-state index in [2.05, 4.69) is 31.8 Å². The number of hydrogen-bond acceptors (Lipinski definition) is 3. The van der Waals surface area contributed by atoms with Crippen molar-refractivity contribution in [3.8, 4) is 11.1 Å². The molecule has 0 spiro atoms. The van der Waals surface area contributed by atoms with Crippen LogP contribution in [0.2, 0.25) is 0 Å². The average Bonchev–Trinajstić information content (AvgIpc) is 2.70. The zero-order chi connectivity index (χ0) is 21.3. The van der Waals surface area contributed by atoms with Crippen LogP contribution < -0.4 is 10.9 Å². The number of nitrogens with zero attached hydrogens (tertiary/aromatic N) is 1. The van der Waals surface area contributed by atoms with E-state index in [0.717, 1.165) is 33.1 Å². The second-order valence-corrected chi connectivity index (χ2v) is 6.08. The topological polar surface area (TPSA) is 37.0 Å². The van der Waals surface area contributed by atoms with Crippen LogP contribution in [0.25, 0.3) is 22.0 Å². The van der Waals surface area contributed by atoms with Gasteiger partial charge in [-0.05, 0) is 41.5 Å². The SMILES string of the molecule is CC.CC.CNNc1cc(-c2ccc(C(F)(F)F)cc2)c2ccc(Br)cc2n1. The molecule has 0 amide bonds. The predicted octanol–water partition coefficient (Wildman–Crippen LogP) is 7.28. The molecule has 0 aliphatic carbocycles. The van der Waals surface area contributed by atoms with Gasteiger partial charge in [-0.25, -0.2) is 10.4 Å². The summed E-state index contributed by atoms with van der Waals surface area (Å²) in [5, 5.41) is 0.861. The molecule has 0 saturated carbocycles. The first-order valence-corrected chi connectivity index (χ1v) is 9.88. The molecule has 0 fully saturated rings. The largest absolute Gasteiger partial charge is 0.416 e. The minimum atomic E-state index is -4.34. The zero-order valence-corrected chi connectivity index (χ0v) is 18.2. The van der Waals surface area contributed by atoms with Gasteiger partial charge in [-0.15, -0.1) is 0 Å². The number of alkyl halides is 3. The molecule has 3 nitrogen and oxygen atoms in total. The molecule has 3 aromatic rings. The highest BCUT2D eigenvalue weighted by molar-refractivity contribution is 9.10. The Balaban J connectivity index is 0.000000921. The van der Waals surface area contributed by atoms with Gasteiger partial charge in [-0.1, -0.05) is 61.8 Å². The molecule has 28 heavy (non-hydrogen) atoms. The molecule has 0 bridgehead atoms. The van der Waals surface area contributed by atoms with Crippen LogP contribution in [0.1, 0.15) is 33.3 Å². The number of anilines is 1. The lowest BCUT2D eigenvalue weighted by Gasteiger charge is -2.12. The van der Waals surface area contributed by atoms with Crippen LogP contribution in [-0.4, -0.2) is 12.0 Å². The summed E-state index contributed by atoms with van der Waals surface area (Å²) < 4.78 is 39.1. The summed E-state index contributed by atoms with van der Waals surface area (Å²) in [6.07, 6.45) is -4.34. The molecule has 0 radical (unpaired) electrons. The normalized spacial score (nSPS) is 10.5. The summed E-state index contributed by atoms with van der Waals surface area (Å²) in [6.45, 7) is 8.00. The van der Waals surface area contributed by atoms with E-state index in [-0.39, 0.29) is 0 Å². The molecule has 0 aliphatic rings. The fraction of sp³-hybridized carbons (Fsp3) is 0.286. The van der Waals surface area contributed by atoms with Crippen LogP contribution in [-0.2, 0) is 6.18 Å². The third-order valence-electron chi connectivity index (χ3n) is 3.55. The van der Waals surface area contributed by atoms with E-state index in [1.165, 1.54) is 12.1 Å². The van der Waals surface area contributed by atoms with E-state index in [1.54, 1.807) is 13.1 Å². The highest BCUT2D eigenvalue weighted by Gasteiger charge is 2.30. The molecular formula is C21H25BrF3N3. The lowest BCUT2D eigenvalue weighted by Crippen LogP contribution is -2.16. The van der Waals surface area contributed by atoms with Crippen molar-refractivity contribution in [2.75, 3.05) is 12.5 Å². The number of hydrogen-bond donors (Lipinski definition) is 2. The molecule has 3 rings (SSSR count). The number of pyridine rings is 1. The van der Waals surface area contributed by atoms with Gasteiger partial charge < -0.3 is 5.43 Å². The van der Waals surface area contributed by atoms with Gasteiger partial charge in [-0.3, -0.25) is 0 Å². The monoisotopic (exact) mass is 455 g/mol. The average molecular weight is 456 g/mol. The first-order chi connectivity index (χ1) is 13.4. The highest BCUT2D eigenvalue weighted by atomic mass is 79.9. The predicted molar refractivity (Wildman–Crippen MR) is 115 cm³/mol. The van der Waals surface area contributed by atoms with Crippen molar-refractivity contribution in [2.24, 2.45) is 0 Å². The van der Waals surface area contributed by atoms with Crippen molar-refractivity contribution < 1.29 is 13.2 Å². The maximum absolute atomic E-state index is 12.8. The van der Waals surface area contributed by atoms with Crippen molar-refractivity contribution >= 4 is 32.7 Å². The van der Waals surface area contributed by atoms with Gasteiger partial charge in [0.2, 0.25) is 0 Å². The Morgan fingerprint density at radius 1 is 0.893 bits per heavy atom. The van der Waals surface area contributed by atoms with Crippen LogP contribution in [0.15, 0.2) is 53.0 Å². The Labute approximate surface area is 172 Å². The first kappa shape index (κ1) is 23.9. The Morgan fingerprint density at radius 2 is 1.50 bits per heavy atom. The summed E-state index contributed by atoms with van der Waals surface area (Å²) in [4.78, 5) is 4.49. The summed E-state index contributed by atoms with van der Waals surface area (Å²) in [5.41, 5.74) is 7.27. The molecule has 0 aliphatic heterocycles. The minimum absolute atomic E-state index is 0.581. The fourth-order valence-corrected chi connectivity index (χ4v) is 2.82. The van der Waals surface area contributed by atoms with Crippen molar-refractivity contribution in [1.29, 1.82) is 0 Å². The van der Waals surface area contributed by atoms with E-state index in [0.29, 0.717) is 11.4 Å². The summed E-state index contributed by atoms with van der Waals surface area (Å²) in [5.74, 6) is 0.581. The fourth-order valence-electron chi connectivity index (χ4n) is 2.47. The van der Waals surface area contributed by atoms with E-state index in [4.69, 9.17) is 0 Å². The quantitative estimate of drug-likeness (QED) is 0.407. The number of benzene rings is 2. The lowest BCUT2D eigenvalue weighted by molar-refractivity contribution is -0.137. The third kappa shape index (κ3) is 5.94. The zero-order valence-electron chi connectivity index (χ0n) is 16.6. The van der Waals surface area contributed by atoms with Gasteiger partial charge in [0.15, 0.2) is 0 Å². The van der Waals surface area contributed by atoms with Crippen LogP contribution in [0.5, 0.6) is 0 Å². The molecule has 0 saturated heterocycles. The Hall–Kier alpha value is -2.12. The molecule has 152 valence electrons. The van der Waals surface area contributed by atoms with E-state index in [1.807, 2.05) is 45.9 Å². The first-order valence-electron chi connectivity index (χ1n) is 9.09. The molecule has 2 N–H and O–H groups in total. The number of rotatable bonds is 3. The van der Waals surface area contributed by atoms with Crippen molar-refractivity contribution in [2.45, 2.75) is 33.9 Å². The molecule has 1 aromatic heterocycles. The van der Waals surface area contributed by atoms with Crippen molar-refractivity contribution in [3.05, 3.63) is 58.6 Å². The van der Waals surface area contributed by atoms with Gasteiger partial charge in [0, 0.05) is 16.9 Å². The summed E-state index contributed by atoms with van der Waals surface area (Å²) >= 11 is 3.41. The molecule has 0 unspecified atom stereocenters. The van der Waals surface area contributed by atoms with Crippen LogP contribution >= 0.6 is 15.9 Å². The van der Waals surface area contributed by atoms with Gasteiger partial charge in [0.1, 0.15) is 5.82 Å². The molecular weight excluding hydrogens is 431 g/mol. The third-order valence-corrected chi connectivity index (χ3v) is 4.04. The van der Waals surface area contributed by atoms with Gasteiger partial charge in [0.05, 0.1) is 11.1 Å². The number of hydrazine groups is 1. The van der Waals surface area contributed by atoms with E-state index in [9.17, 15) is 13.2 Å². The molecule has 2 aromatic carbocycles. The summed E-state index contributed by atoms with van der Waals surface area (Å²) in [6, 6.07) is 12.6. The number of nitrogens with one attached hydrogen (secondary N) is 2. The van der Waals surface area contributed by atoms with Crippen molar-refractivity contribution in [3.63, 3.8) is 0 Å². The second kappa shape index (κ2) is 11.0. The van der Waals surface area contributed by atoms with Gasteiger partial charge >= 0.3 is 6.18 Å². The van der Waals surface area contributed by atoms with Crippen LogP contribution in [0.3, 0.4) is 0 Å². The lowest BCUT2D eigenvalue weighted by atomic mass is 10.00. The number of fused-ring (bicyclic) bond motifs is 1. The van der Waals surface area contributed by atoms with E-state index < -0.39 is 11.7 Å². The maximum atomic E-state index is 12.8. The smallest absolute Gasteiger partial charge is 0.306 e. The maximum Gasteiger partial charge on any atom is 0.416 e. The van der Waals surface area contributed by atoms with Gasteiger partial charge in [-0.2, -0.15) is 13.2 Å².